The van der Waals surface area contributed by atoms with Gasteiger partial charge in [0.15, 0.2) is 0 Å². The number of fused-ring (bicyclic) bond motifs is 1. The molecule has 1 heterocycles. The molecule has 0 spiro atoms. The third-order valence-corrected chi connectivity index (χ3v) is 4.18. The van der Waals surface area contributed by atoms with E-state index in [9.17, 15) is 0 Å². The molecule has 0 radical (unpaired) electrons. The fourth-order valence-corrected chi connectivity index (χ4v) is 3.04. The van der Waals surface area contributed by atoms with Crippen molar-refractivity contribution in [2.45, 2.75) is 52.0 Å². The maximum atomic E-state index is 5.84. The molecular weight excluding hydrogens is 236 g/mol. The third-order valence-electron chi connectivity index (χ3n) is 4.18. The average molecular weight is 262 g/mol. The van der Waals surface area contributed by atoms with Crippen LogP contribution in [0.5, 0.6) is 5.75 Å². The number of nitrogens with two attached hydrogens (primary N) is 1. The van der Waals surface area contributed by atoms with Crippen LogP contribution in [0.2, 0.25) is 0 Å². The highest BCUT2D eigenvalue weighted by molar-refractivity contribution is 5.45. The zero-order valence-corrected chi connectivity index (χ0v) is 12.1. The summed E-state index contributed by atoms with van der Waals surface area (Å²) in [4.78, 5) is 0. The fraction of sp³-hybridized carbons (Fsp3) is 0.625. The molecule has 1 aromatic rings. The molecule has 0 saturated carbocycles. The van der Waals surface area contributed by atoms with Gasteiger partial charge >= 0.3 is 0 Å². The van der Waals surface area contributed by atoms with E-state index in [0.29, 0.717) is 5.92 Å². The number of benzene rings is 1. The van der Waals surface area contributed by atoms with Crippen LogP contribution in [0.3, 0.4) is 0 Å². The van der Waals surface area contributed by atoms with Crippen LogP contribution in [0.25, 0.3) is 0 Å². The van der Waals surface area contributed by atoms with Gasteiger partial charge in [-0.25, -0.2) is 0 Å². The quantitative estimate of drug-likeness (QED) is 0.585. The number of rotatable bonds is 7. The van der Waals surface area contributed by atoms with Gasteiger partial charge in [-0.05, 0) is 17.9 Å². The van der Waals surface area contributed by atoms with E-state index in [1.807, 2.05) is 0 Å². The van der Waals surface area contributed by atoms with E-state index in [0.717, 1.165) is 25.2 Å². The summed E-state index contributed by atoms with van der Waals surface area (Å²) in [5.41, 5.74) is 5.59. The summed E-state index contributed by atoms with van der Waals surface area (Å²) >= 11 is 0. The Kier molecular flexibility index (Phi) is 5.23. The lowest BCUT2D eigenvalue weighted by molar-refractivity contribution is 0.306. The molecule has 1 aliphatic rings. The molecule has 0 aliphatic carbocycles. The van der Waals surface area contributed by atoms with Crippen molar-refractivity contribution >= 4 is 0 Å². The highest BCUT2D eigenvalue weighted by atomic mass is 16.5. The first kappa shape index (κ1) is 14.4. The van der Waals surface area contributed by atoms with Crippen molar-refractivity contribution in [2.75, 3.05) is 6.61 Å². The SMILES string of the molecule is CCCCC(CC)C(NN)c1cccc2c1OCC2. The standard InChI is InChI=1S/C16H26N2O/c1-3-5-7-12(4-2)15(18-17)14-9-6-8-13-10-11-19-16(13)14/h6,8-9,12,15,18H,3-5,7,10-11,17H2,1-2H3. The second-order valence-corrected chi connectivity index (χ2v) is 5.39. The van der Waals surface area contributed by atoms with Crippen LogP contribution in [-0.4, -0.2) is 6.61 Å². The smallest absolute Gasteiger partial charge is 0.127 e. The Morgan fingerprint density at radius 3 is 2.89 bits per heavy atom. The molecule has 1 aromatic carbocycles. The first-order chi connectivity index (χ1) is 9.31. The number of hydrogen-bond acceptors (Lipinski definition) is 3. The summed E-state index contributed by atoms with van der Waals surface area (Å²) in [5.74, 6) is 7.48. The molecule has 106 valence electrons. The summed E-state index contributed by atoms with van der Waals surface area (Å²) in [6, 6.07) is 6.64. The molecule has 19 heavy (non-hydrogen) atoms. The molecular formula is C16H26N2O. The van der Waals surface area contributed by atoms with Gasteiger partial charge in [0.1, 0.15) is 5.75 Å². The number of hydrazine groups is 1. The second-order valence-electron chi connectivity index (χ2n) is 5.39. The van der Waals surface area contributed by atoms with E-state index in [2.05, 4.69) is 37.5 Å². The van der Waals surface area contributed by atoms with Crippen molar-refractivity contribution in [3.8, 4) is 5.75 Å². The minimum atomic E-state index is 0.199. The maximum Gasteiger partial charge on any atom is 0.127 e. The molecule has 3 nitrogen and oxygen atoms in total. The molecule has 0 fully saturated rings. The largest absolute Gasteiger partial charge is 0.493 e. The van der Waals surface area contributed by atoms with Gasteiger partial charge in [0.05, 0.1) is 12.6 Å². The van der Waals surface area contributed by atoms with Crippen LogP contribution in [0.15, 0.2) is 18.2 Å². The maximum absolute atomic E-state index is 5.84. The van der Waals surface area contributed by atoms with Crippen molar-refractivity contribution in [3.63, 3.8) is 0 Å². The Morgan fingerprint density at radius 2 is 2.21 bits per heavy atom. The summed E-state index contributed by atoms with van der Waals surface area (Å²) in [6.45, 7) is 5.28. The molecule has 2 rings (SSSR count). The molecule has 2 atom stereocenters. The zero-order valence-electron chi connectivity index (χ0n) is 12.1. The van der Waals surface area contributed by atoms with Gasteiger partial charge in [-0.2, -0.15) is 0 Å². The van der Waals surface area contributed by atoms with Gasteiger partial charge in [-0.3, -0.25) is 11.3 Å². The minimum absolute atomic E-state index is 0.199. The van der Waals surface area contributed by atoms with Gasteiger partial charge in [-0.1, -0.05) is 51.3 Å². The lowest BCUT2D eigenvalue weighted by Crippen LogP contribution is -2.33. The van der Waals surface area contributed by atoms with Crippen LogP contribution in [0.4, 0.5) is 0 Å². The van der Waals surface area contributed by atoms with E-state index in [4.69, 9.17) is 10.6 Å². The molecule has 1 aliphatic heterocycles. The summed E-state index contributed by atoms with van der Waals surface area (Å²) in [6.07, 6.45) is 5.86. The van der Waals surface area contributed by atoms with E-state index in [-0.39, 0.29) is 6.04 Å². The van der Waals surface area contributed by atoms with E-state index < -0.39 is 0 Å². The second kappa shape index (κ2) is 6.92. The monoisotopic (exact) mass is 262 g/mol. The third kappa shape index (κ3) is 3.10. The number of unbranched alkanes of at least 4 members (excludes halogenated alkanes) is 1. The van der Waals surface area contributed by atoms with Crippen LogP contribution in [-0.2, 0) is 6.42 Å². The summed E-state index contributed by atoms with van der Waals surface area (Å²) in [7, 11) is 0. The van der Waals surface area contributed by atoms with Crippen LogP contribution >= 0.6 is 0 Å². The van der Waals surface area contributed by atoms with Gasteiger partial charge in [0.2, 0.25) is 0 Å². The highest BCUT2D eigenvalue weighted by Crippen LogP contribution is 2.38. The predicted molar refractivity (Wildman–Crippen MR) is 79.0 cm³/mol. The van der Waals surface area contributed by atoms with Crippen LogP contribution < -0.4 is 16.0 Å². The van der Waals surface area contributed by atoms with Gasteiger partial charge in [-0.15, -0.1) is 0 Å². The highest BCUT2D eigenvalue weighted by Gasteiger charge is 2.26. The normalized spacial score (nSPS) is 16.8. The van der Waals surface area contributed by atoms with E-state index >= 15 is 0 Å². The van der Waals surface area contributed by atoms with Crippen molar-refractivity contribution < 1.29 is 4.74 Å². The molecule has 3 heteroatoms. The topological polar surface area (TPSA) is 47.3 Å². The summed E-state index contributed by atoms with van der Waals surface area (Å²) < 4.78 is 5.82. The Balaban J connectivity index is 2.23. The van der Waals surface area contributed by atoms with Gasteiger partial charge in [0.25, 0.3) is 0 Å². The number of ether oxygens (including phenoxy) is 1. The van der Waals surface area contributed by atoms with Crippen molar-refractivity contribution in [1.82, 2.24) is 5.43 Å². The van der Waals surface area contributed by atoms with E-state index in [1.165, 1.54) is 30.4 Å². The van der Waals surface area contributed by atoms with Crippen molar-refractivity contribution in [3.05, 3.63) is 29.3 Å². The molecule has 0 saturated heterocycles. The Morgan fingerprint density at radius 1 is 1.37 bits per heavy atom. The first-order valence-electron chi connectivity index (χ1n) is 7.52. The lowest BCUT2D eigenvalue weighted by atomic mass is 9.86. The number of nitrogens with one attached hydrogen (secondary N) is 1. The molecule has 3 N–H and O–H groups in total. The Labute approximate surface area is 116 Å². The van der Waals surface area contributed by atoms with Crippen molar-refractivity contribution in [1.29, 1.82) is 0 Å². The van der Waals surface area contributed by atoms with Crippen molar-refractivity contribution in [2.24, 2.45) is 11.8 Å². The molecule has 2 unspecified atom stereocenters. The fourth-order valence-electron chi connectivity index (χ4n) is 3.04. The van der Waals surface area contributed by atoms with Gasteiger partial charge in [0, 0.05) is 12.0 Å². The van der Waals surface area contributed by atoms with Crippen LogP contribution in [0.1, 0.15) is 56.7 Å². The first-order valence-corrected chi connectivity index (χ1v) is 7.52. The van der Waals surface area contributed by atoms with Gasteiger partial charge < -0.3 is 4.74 Å². The summed E-state index contributed by atoms with van der Waals surface area (Å²) in [5, 5.41) is 0. The molecule has 0 amide bonds. The Hall–Kier alpha value is -1.06. The Bertz CT molecular complexity index is 406. The molecule has 0 bridgehead atoms. The lowest BCUT2D eigenvalue weighted by Gasteiger charge is -2.27. The number of para-hydroxylation sites is 1. The predicted octanol–water partition coefficient (Wildman–Crippen LogP) is 3.34. The average Bonchev–Trinajstić information content (AvgIpc) is 2.92. The van der Waals surface area contributed by atoms with Crippen LogP contribution in [0, 0.1) is 5.92 Å². The minimum Gasteiger partial charge on any atom is -0.493 e. The number of hydrogen-bond donors (Lipinski definition) is 2. The molecule has 0 aromatic heterocycles. The van der Waals surface area contributed by atoms with E-state index in [1.54, 1.807) is 0 Å². The zero-order chi connectivity index (χ0) is 13.7.